The standard InChI is InChI=1S/C48H41ClN6O14S2/c1-6-53(7-2)70(62,63)27-18-19-35(67-3)34(20-27)51-52-41-38-25(23-54-45(58)28-12-8-9-13-29(28)46(54)59)16-17-26(24-55-47(60)30-14-10-11-15-31(30)48(55)61)39(38)43(71(64,65)66)40(42(41)56)44(57)50-33-21-32(49)36(68-4)22-37(33)69-5/h8-22,56H,6-7,23-24H2,1-5H3,(H,50,57)(H,64,65,66). The lowest BCUT2D eigenvalue weighted by Gasteiger charge is -2.23. The smallest absolute Gasteiger partial charge is 0.296 e. The molecule has 0 saturated carbocycles. The van der Waals surface area contributed by atoms with Gasteiger partial charge in [0.15, 0.2) is 5.75 Å². The molecule has 2 heterocycles. The first-order chi connectivity index (χ1) is 33.8. The number of sulfonamides is 1. The van der Waals surface area contributed by atoms with Gasteiger partial charge in [0.1, 0.15) is 39.1 Å². The van der Waals surface area contributed by atoms with Gasteiger partial charge >= 0.3 is 0 Å². The van der Waals surface area contributed by atoms with Gasteiger partial charge in [0.05, 0.1) is 72.3 Å². The van der Waals surface area contributed by atoms with Gasteiger partial charge in [-0.2, -0.15) is 12.7 Å². The second-order valence-electron chi connectivity index (χ2n) is 15.8. The molecule has 366 valence electrons. The second kappa shape index (κ2) is 19.2. The van der Waals surface area contributed by atoms with E-state index < -0.39 is 95.4 Å². The largest absolute Gasteiger partial charge is 0.505 e. The average molecular weight is 1030 g/mol. The number of benzene rings is 6. The van der Waals surface area contributed by atoms with Crippen molar-refractivity contribution in [1.29, 1.82) is 0 Å². The van der Waals surface area contributed by atoms with Gasteiger partial charge in [-0.1, -0.05) is 61.8 Å². The number of imide groups is 2. The number of methoxy groups -OCH3 is 3. The van der Waals surface area contributed by atoms with Crippen LogP contribution >= 0.6 is 11.6 Å². The number of phenolic OH excluding ortho intramolecular Hbond substituents is 1. The van der Waals surface area contributed by atoms with E-state index in [4.69, 9.17) is 25.8 Å². The number of hydrogen-bond donors (Lipinski definition) is 3. The number of nitrogens with one attached hydrogen (secondary N) is 1. The van der Waals surface area contributed by atoms with E-state index in [1.54, 1.807) is 26.0 Å². The summed E-state index contributed by atoms with van der Waals surface area (Å²) in [7, 11) is -6.04. The van der Waals surface area contributed by atoms with Crippen molar-refractivity contribution in [3.8, 4) is 23.0 Å². The highest BCUT2D eigenvalue weighted by molar-refractivity contribution is 7.89. The Hall–Kier alpha value is -7.76. The molecule has 0 aliphatic carbocycles. The van der Waals surface area contributed by atoms with Crippen molar-refractivity contribution >= 4 is 89.1 Å². The summed E-state index contributed by atoms with van der Waals surface area (Å²) in [5.41, 5.74) is -2.54. The van der Waals surface area contributed by atoms with E-state index in [2.05, 4.69) is 15.5 Å². The minimum Gasteiger partial charge on any atom is -0.505 e. The molecule has 8 rings (SSSR count). The zero-order valence-corrected chi connectivity index (χ0v) is 40.6. The molecule has 0 atom stereocenters. The van der Waals surface area contributed by atoms with Crippen LogP contribution in [-0.4, -0.2) is 105 Å². The number of ether oxygens (including phenoxy) is 3. The van der Waals surface area contributed by atoms with Crippen LogP contribution in [0, 0.1) is 0 Å². The quantitative estimate of drug-likeness (QED) is 0.0475. The van der Waals surface area contributed by atoms with Gasteiger partial charge in [-0.05, 0) is 59.7 Å². The number of carbonyl (C=O) groups is 5. The third kappa shape index (κ3) is 8.69. The Balaban J connectivity index is 1.45. The normalized spacial score (nSPS) is 13.7. The van der Waals surface area contributed by atoms with Gasteiger partial charge in [0, 0.05) is 29.9 Å². The zero-order valence-electron chi connectivity index (χ0n) is 38.2. The molecule has 0 radical (unpaired) electrons. The summed E-state index contributed by atoms with van der Waals surface area (Å²) in [5.74, 6) is -5.73. The number of phenols is 1. The highest BCUT2D eigenvalue weighted by Gasteiger charge is 2.40. The van der Waals surface area contributed by atoms with E-state index in [9.17, 15) is 50.5 Å². The number of rotatable bonds is 16. The molecule has 3 N–H and O–H groups in total. The zero-order chi connectivity index (χ0) is 51.3. The van der Waals surface area contributed by atoms with E-state index in [0.717, 1.165) is 15.9 Å². The van der Waals surface area contributed by atoms with Crippen molar-refractivity contribution in [3.05, 3.63) is 135 Å². The maximum Gasteiger partial charge on any atom is 0.296 e. The van der Waals surface area contributed by atoms with Crippen molar-refractivity contribution in [1.82, 2.24) is 14.1 Å². The number of fused-ring (bicyclic) bond motifs is 3. The fraction of sp³-hybridized carbons (Fsp3) is 0.188. The Morgan fingerprint density at radius 1 is 0.676 bits per heavy atom. The average Bonchev–Trinajstić information content (AvgIpc) is 3.73. The maximum absolute atomic E-state index is 14.8. The molecule has 0 saturated heterocycles. The van der Waals surface area contributed by atoms with Gasteiger partial charge in [0.2, 0.25) is 10.0 Å². The molecule has 0 spiro atoms. The van der Waals surface area contributed by atoms with E-state index >= 15 is 0 Å². The third-order valence-electron chi connectivity index (χ3n) is 11.9. The predicted molar refractivity (Wildman–Crippen MR) is 257 cm³/mol. The molecule has 6 aromatic rings. The van der Waals surface area contributed by atoms with Crippen LogP contribution < -0.4 is 19.5 Å². The molecule has 0 bridgehead atoms. The molecule has 20 nitrogen and oxygen atoms in total. The number of amides is 5. The number of nitrogens with zero attached hydrogens (tertiary/aromatic N) is 5. The number of anilines is 1. The maximum atomic E-state index is 14.8. The summed E-state index contributed by atoms with van der Waals surface area (Å²) in [5, 5.41) is 22.5. The first kappa shape index (κ1) is 49.7. The third-order valence-corrected chi connectivity index (χ3v) is 15.2. The molecule has 6 aromatic carbocycles. The lowest BCUT2D eigenvalue weighted by molar-refractivity contribution is 0.0626. The van der Waals surface area contributed by atoms with E-state index in [-0.39, 0.29) is 85.0 Å². The Morgan fingerprint density at radius 2 is 1.17 bits per heavy atom. The first-order valence-corrected chi connectivity index (χ1v) is 24.6. The summed E-state index contributed by atoms with van der Waals surface area (Å²) in [6.07, 6.45) is 0. The van der Waals surface area contributed by atoms with Crippen LogP contribution in [0.4, 0.5) is 17.1 Å². The molecule has 71 heavy (non-hydrogen) atoms. The molecule has 23 heteroatoms. The van der Waals surface area contributed by atoms with E-state index in [0.29, 0.717) is 0 Å². The van der Waals surface area contributed by atoms with Crippen LogP contribution in [0.1, 0.15) is 76.8 Å². The van der Waals surface area contributed by atoms with Crippen molar-refractivity contribution in [2.75, 3.05) is 39.7 Å². The topological polar surface area (TPSA) is 268 Å². The molecule has 0 aromatic heterocycles. The van der Waals surface area contributed by atoms with Crippen LogP contribution in [-0.2, 0) is 33.2 Å². The second-order valence-corrected chi connectivity index (χ2v) is 19.5. The van der Waals surface area contributed by atoms with Crippen LogP contribution in [0.3, 0.4) is 0 Å². The Kier molecular flexibility index (Phi) is 13.4. The number of carbonyl (C=O) groups excluding carboxylic acids is 5. The SMILES string of the molecule is CCN(CC)S(=O)(=O)c1ccc(OC)c(N=Nc2c(O)c(C(=O)Nc3cc(Cl)c(OC)cc3OC)c(S(=O)(=O)O)c3c(CN4C(=O)c5ccccc5C4=O)ccc(CN4C(=O)c5ccccc5C4=O)c23)c1. The number of azo groups is 1. The fourth-order valence-electron chi connectivity index (χ4n) is 8.49. The van der Waals surface area contributed by atoms with Gasteiger partial charge < -0.3 is 24.6 Å². The summed E-state index contributed by atoms with van der Waals surface area (Å²) >= 11 is 6.41. The monoisotopic (exact) mass is 1020 g/mol. The highest BCUT2D eigenvalue weighted by atomic mass is 35.5. The summed E-state index contributed by atoms with van der Waals surface area (Å²) in [6.45, 7) is 2.13. The van der Waals surface area contributed by atoms with Crippen LogP contribution in [0.25, 0.3) is 10.8 Å². The summed E-state index contributed by atoms with van der Waals surface area (Å²) in [4.78, 5) is 70.4. The molecule has 2 aliphatic rings. The number of halogens is 1. The molecular weight excluding hydrogens is 984 g/mol. The lowest BCUT2D eigenvalue weighted by atomic mass is 9.93. The number of aromatic hydroxyl groups is 1. The fourth-order valence-corrected chi connectivity index (χ4v) is 11.1. The van der Waals surface area contributed by atoms with Gasteiger partial charge in [-0.25, -0.2) is 8.42 Å². The van der Waals surface area contributed by atoms with E-state index in [1.807, 2.05) is 0 Å². The van der Waals surface area contributed by atoms with Crippen LogP contribution in [0.15, 0.2) is 111 Å². The molecule has 2 aliphatic heterocycles. The van der Waals surface area contributed by atoms with Gasteiger partial charge in [0.25, 0.3) is 39.7 Å². The molecule has 0 fully saturated rings. The lowest BCUT2D eigenvalue weighted by Crippen LogP contribution is -2.30. The van der Waals surface area contributed by atoms with Crippen molar-refractivity contribution < 1.29 is 64.7 Å². The summed E-state index contributed by atoms with van der Waals surface area (Å²) < 4.78 is 84.2. The van der Waals surface area contributed by atoms with Crippen molar-refractivity contribution in [2.24, 2.45) is 10.2 Å². The first-order valence-electron chi connectivity index (χ1n) is 21.3. The minimum absolute atomic E-state index is 0.0255. The summed E-state index contributed by atoms with van der Waals surface area (Å²) in [6, 6.07) is 20.6. The van der Waals surface area contributed by atoms with Gasteiger partial charge in [-0.15, -0.1) is 10.2 Å². The Labute approximate surface area is 410 Å². The Bertz CT molecular complexity index is 3480. The minimum atomic E-state index is -5.73. The van der Waals surface area contributed by atoms with Gasteiger partial charge in [-0.3, -0.25) is 38.3 Å². The van der Waals surface area contributed by atoms with Crippen LogP contribution in [0.2, 0.25) is 5.02 Å². The Morgan fingerprint density at radius 3 is 1.63 bits per heavy atom. The van der Waals surface area contributed by atoms with E-state index in [1.165, 1.54) is 98.4 Å². The molecular formula is C48H41ClN6O14S2. The highest BCUT2D eigenvalue weighted by Crippen LogP contribution is 2.49. The van der Waals surface area contributed by atoms with Crippen molar-refractivity contribution in [3.63, 3.8) is 0 Å². The number of hydrogen-bond acceptors (Lipinski definition) is 15. The predicted octanol–water partition coefficient (Wildman–Crippen LogP) is 7.76. The van der Waals surface area contributed by atoms with Crippen LogP contribution in [0.5, 0.6) is 23.0 Å². The molecule has 5 amide bonds. The molecule has 0 unspecified atom stereocenters. The van der Waals surface area contributed by atoms with Crippen molar-refractivity contribution in [2.45, 2.75) is 36.7 Å².